The quantitative estimate of drug-likeness (QED) is 0.751. The number of hydrogen-bond acceptors (Lipinski definition) is 5. The first-order chi connectivity index (χ1) is 10.2. The van der Waals surface area contributed by atoms with Gasteiger partial charge in [-0.25, -0.2) is 0 Å². The van der Waals surface area contributed by atoms with E-state index in [1.54, 1.807) is 6.20 Å². The number of anilines is 3. The molecule has 1 heterocycles. The maximum absolute atomic E-state index is 6.10. The number of aromatic nitrogens is 3. The summed E-state index contributed by atoms with van der Waals surface area (Å²) < 4.78 is 0. The van der Waals surface area contributed by atoms with Gasteiger partial charge in [-0.05, 0) is 31.0 Å². The Bertz CT molecular complexity index is 588. The molecule has 2 aromatic rings. The largest absolute Gasteiger partial charge is 0.369 e. The summed E-state index contributed by atoms with van der Waals surface area (Å²) in [5.74, 6) is 1.18. The van der Waals surface area contributed by atoms with Crippen molar-refractivity contribution in [1.82, 2.24) is 15.2 Å². The minimum absolute atomic E-state index is 0.454. The van der Waals surface area contributed by atoms with Gasteiger partial charge in [0.15, 0.2) is 5.82 Å². The van der Waals surface area contributed by atoms with Gasteiger partial charge in [0.2, 0.25) is 5.95 Å². The summed E-state index contributed by atoms with van der Waals surface area (Å²) in [5.41, 5.74) is 1.88. The Balaban J connectivity index is 1.98. The fourth-order valence-electron chi connectivity index (χ4n) is 1.83. The average Bonchev–Trinajstić information content (AvgIpc) is 2.48. The highest BCUT2D eigenvalue weighted by molar-refractivity contribution is 6.31. The van der Waals surface area contributed by atoms with Gasteiger partial charge in [0, 0.05) is 17.3 Å². The standard InChI is InChI=1S/C15H20ClN5/c1-3-4-5-8-17-14-10-18-21-15(20-14)19-12-7-6-11(2)13(16)9-12/h6-7,9-10H,3-5,8H2,1-2H3,(H2,17,19,20,21). The smallest absolute Gasteiger partial charge is 0.249 e. The summed E-state index contributed by atoms with van der Waals surface area (Å²) in [4.78, 5) is 4.38. The zero-order valence-corrected chi connectivity index (χ0v) is 13.1. The van der Waals surface area contributed by atoms with Crippen molar-refractivity contribution in [2.75, 3.05) is 17.2 Å². The van der Waals surface area contributed by atoms with Crippen molar-refractivity contribution in [3.63, 3.8) is 0 Å². The average molecular weight is 306 g/mol. The van der Waals surface area contributed by atoms with E-state index in [0.717, 1.165) is 30.0 Å². The van der Waals surface area contributed by atoms with Crippen LogP contribution in [0.3, 0.4) is 0 Å². The van der Waals surface area contributed by atoms with Crippen LogP contribution in [0.2, 0.25) is 5.02 Å². The van der Waals surface area contributed by atoms with Crippen molar-refractivity contribution >= 4 is 29.1 Å². The summed E-state index contributed by atoms with van der Waals surface area (Å²) in [6, 6.07) is 5.73. The first kappa shape index (κ1) is 15.5. The lowest BCUT2D eigenvalue weighted by Crippen LogP contribution is -2.06. The highest BCUT2D eigenvalue weighted by Gasteiger charge is 2.03. The van der Waals surface area contributed by atoms with E-state index in [1.165, 1.54) is 12.8 Å². The molecule has 0 atom stereocenters. The molecule has 5 nitrogen and oxygen atoms in total. The fraction of sp³-hybridized carbons (Fsp3) is 0.400. The second-order valence-corrected chi connectivity index (χ2v) is 5.30. The molecule has 0 amide bonds. The van der Waals surface area contributed by atoms with Gasteiger partial charge in [-0.3, -0.25) is 0 Å². The van der Waals surface area contributed by atoms with Crippen LogP contribution >= 0.6 is 11.6 Å². The summed E-state index contributed by atoms with van der Waals surface area (Å²) >= 11 is 6.10. The van der Waals surface area contributed by atoms with Crippen LogP contribution in [0.4, 0.5) is 17.5 Å². The van der Waals surface area contributed by atoms with Crippen molar-refractivity contribution in [3.8, 4) is 0 Å². The number of nitrogens with one attached hydrogen (secondary N) is 2. The SMILES string of the molecule is CCCCCNc1cnnc(Nc2ccc(C)c(Cl)c2)n1. The first-order valence-corrected chi connectivity index (χ1v) is 7.53. The van der Waals surface area contributed by atoms with Crippen molar-refractivity contribution < 1.29 is 0 Å². The number of rotatable bonds is 7. The van der Waals surface area contributed by atoms with Gasteiger partial charge < -0.3 is 10.6 Å². The van der Waals surface area contributed by atoms with Gasteiger partial charge >= 0.3 is 0 Å². The molecule has 0 saturated carbocycles. The second kappa shape index (κ2) is 7.78. The molecule has 0 bridgehead atoms. The van der Waals surface area contributed by atoms with Crippen LogP contribution in [0, 0.1) is 6.92 Å². The molecule has 6 heteroatoms. The minimum atomic E-state index is 0.454. The molecule has 1 aromatic carbocycles. The molecule has 112 valence electrons. The Kier molecular flexibility index (Phi) is 5.75. The topological polar surface area (TPSA) is 62.7 Å². The Morgan fingerprint density at radius 1 is 1.24 bits per heavy atom. The maximum atomic E-state index is 6.10. The Labute approximate surface area is 130 Å². The van der Waals surface area contributed by atoms with Crippen LogP contribution in [0.1, 0.15) is 31.7 Å². The van der Waals surface area contributed by atoms with Crippen LogP contribution in [-0.4, -0.2) is 21.7 Å². The summed E-state index contributed by atoms with van der Waals surface area (Å²) in [6.07, 6.45) is 5.15. The number of hydrogen-bond donors (Lipinski definition) is 2. The van der Waals surface area contributed by atoms with Crippen LogP contribution in [0.5, 0.6) is 0 Å². The van der Waals surface area contributed by atoms with E-state index in [2.05, 4.69) is 32.7 Å². The van der Waals surface area contributed by atoms with Gasteiger partial charge in [-0.2, -0.15) is 10.1 Å². The lowest BCUT2D eigenvalue weighted by atomic mass is 10.2. The van der Waals surface area contributed by atoms with E-state index in [0.29, 0.717) is 11.0 Å². The molecule has 0 aliphatic rings. The van der Waals surface area contributed by atoms with Crippen LogP contribution in [-0.2, 0) is 0 Å². The van der Waals surface area contributed by atoms with Gasteiger partial charge in [-0.1, -0.05) is 37.4 Å². The minimum Gasteiger partial charge on any atom is -0.369 e. The molecule has 0 fully saturated rings. The Morgan fingerprint density at radius 2 is 2.10 bits per heavy atom. The van der Waals surface area contributed by atoms with E-state index >= 15 is 0 Å². The van der Waals surface area contributed by atoms with Crippen LogP contribution < -0.4 is 10.6 Å². The molecule has 2 N–H and O–H groups in total. The number of benzene rings is 1. The van der Waals surface area contributed by atoms with E-state index in [4.69, 9.17) is 11.6 Å². The third kappa shape index (κ3) is 4.86. The molecule has 21 heavy (non-hydrogen) atoms. The number of unbranched alkanes of at least 4 members (excludes halogenated alkanes) is 2. The Hall–Kier alpha value is -1.88. The van der Waals surface area contributed by atoms with Gasteiger partial charge in [0.1, 0.15) is 0 Å². The second-order valence-electron chi connectivity index (χ2n) is 4.89. The summed E-state index contributed by atoms with van der Waals surface area (Å²) in [7, 11) is 0. The number of halogens is 1. The predicted molar refractivity (Wildman–Crippen MR) is 87.3 cm³/mol. The normalized spacial score (nSPS) is 10.4. The van der Waals surface area contributed by atoms with Gasteiger partial charge in [0.25, 0.3) is 0 Å². The summed E-state index contributed by atoms with van der Waals surface area (Å²) in [6.45, 7) is 5.04. The maximum Gasteiger partial charge on any atom is 0.249 e. The molecule has 0 aliphatic carbocycles. The van der Waals surface area contributed by atoms with Crippen molar-refractivity contribution in [3.05, 3.63) is 35.0 Å². The monoisotopic (exact) mass is 305 g/mol. The molecule has 1 aromatic heterocycles. The van der Waals surface area contributed by atoms with Gasteiger partial charge in [-0.15, -0.1) is 5.10 Å². The third-order valence-corrected chi connectivity index (χ3v) is 3.48. The number of aryl methyl sites for hydroxylation is 1. The first-order valence-electron chi connectivity index (χ1n) is 7.16. The van der Waals surface area contributed by atoms with E-state index < -0.39 is 0 Å². The molecule has 0 saturated heterocycles. The molecule has 0 aliphatic heterocycles. The molecule has 0 unspecified atom stereocenters. The van der Waals surface area contributed by atoms with E-state index in [9.17, 15) is 0 Å². The third-order valence-electron chi connectivity index (χ3n) is 3.07. The van der Waals surface area contributed by atoms with Crippen molar-refractivity contribution in [2.24, 2.45) is 0 Å². The van der Waals surface area contributed by atoms with Crippen LogP contribution in [0.25, 0.3) is 0 Å². The molecule has 2 rings (SSSR count). The zero-order chi connectivity index (χ0) is 15.1. The van der Waals surface area contributed by atoms with Crippen molar-refractivity contribution in [1.29, 1.82) is 0 Å². The van der Waals surface area contributed by atoms with Crippen molar-refractivity contribution in [2.45, 2.75) is 33.1 Å². The summed E-state index contributed by atoms with van der Waals surface area (Å²) in [5, 5.41) is 15.0. The molecular formula is C15H20ClN5. The lowest BCUT2D eigenvalue weighted by molar-refractivity contribution is 0.741. The van der Waals surface area contributed by atoms with E-state index in [-0.39, 0.29) is 0 Å². The van der Waals surface area contributed by atoms with Gasteiger partial charge in [0.05, 0.1) is 6.20 Å². The molecule has 0 radical (unpaired) electrons. The molecular weight excluding hydrogens is 286 g/mol. The fourth-order valence-corrected chi connectivity index (χ4v) is 2.01. The lowest BCUT2D eigenvalue weighted by Gasteiger charge is -2.08. The van der Waals surface area contributed by atoms with Crippen LogP contribution in [0.15, 0.2) is 24.4 Å². The Morgan fingerprint density at radius 3 is 2.86 bits per heavy atom. The molecule has 0 spiro atoms. The highest BCUT2D eigenvalue weighted by atomic mass is 35.5. The highest BCUT2D eigenvalue weighted by Crippen LogP contribution is 2.21. The number of nitrogens with zero attached hydrogens (tertiary/aromatic N) is 3. The van der Waals surface area contributed by atoms with E-state index in [1.807, 2.05) is 25.1 Å². The predicted octanol–water partition coefficient (Wildman–Crippen LogP) is 4.18. The zero-order valence-electron chi connectivity index (χ0n) is 12.4.